The van der Waals surface area contributed by atoms with Crippen LogP contribution in [-0.4, -0.2) is 29.3 Å². The van der Waals surface area contributed by atoms with E-state index in [1.165, 1.54) is 0 Å². The molecule has 1 aliphatic rings. The molecule has 98 valence electrons. The molecule has 5 heteroatoms. The largest absolute Gasteiger partial charge is 0.384 e. The maximum atomic E-state index is 7.70. The van der Waals surface area contributed by atoms with Gasteiger partial charge in [-0.25, -0.2) is 4.98 Å². The van der Waals surface area contributed by atoms with Crippen LogP contribution in [0.4, 0.5) is 0 Å². The number of hydrogen-bond acceptors (Lipinski definition) is 4. The van der Waals surface area contributed by atoms with Crippen LogP contribution in [0.1, 0.15) is 29.7 Å². The number of nitrogens with one attached hydrogen (secondary N) is 1. The second kappa shape index (κ2) is 5.71. The van der Waals surface area contributed by atoms with E-state index < -0.39 is 0 Å². The van der Waals surface area contributed by atoms with Crippen molar-refractivity contribution < 1.29 is 4.74 Å². The summed E-state index contributed by atoms with van der Waals surface area (Å²) < 4.78 is 5.36. The van der Waals surface area contributed by atoms with Crippen LogP contribution in [0.15, 0.2) is 11.1 Å². The van der Waals surface area contributed by atoms with E-state index in [4.69, 9.17) is 15.9 Å². The molecular weight excluding hydrogens is 246 g/mol. The molecule has 1 aromatic rings. The van der Waals surface area contributed by atoms with Gasteiger partial charge in [0, 0.05) is 24.2 Å². The molecule has 18 heavy (non-hydrogen) atoms. The highest BCUT2D eigenvalue weighted by Crippen LogP contribution is 2.32. The quantitative estimate of drug-likeness (QED) is 0.649. The summed E-state index contributed by atoms with van der Waals surface area (Å²) in [5.41, 5.74) is 8.48. The van der Waals surface area contributed by atoms with E-state index in [1.807, 2.05) is 19.9 Å². The van der Waals surface area contributed by atoms with Crippen molar-refractivity contribution in [1.82, 2.24) is 4.98 Å². The molecule has 0 aliphatic carbocycles. The van der Waals surface area contributed by atoms with Gasteiger partial charge < -0.3 is 10.5 Å². The van der Waals surface area contributed by atoms with Crippen molar-refractivity contribution >= 4 is 17.6 Å². The predicted molar refractivity (Wildman–Crippen MR) is 74.4 cm³/mol. The van der Waals surface area contributed by atoms with Crippen LogP contribution in [0.2, 0.25) is 0 Å². The molecule has 0 spiro atoms. The van der Waals surface area contributed by atoms with Crippen LogP contribution in [-0.2, 0) is 4.74 Å². The Morgan fingerprint density at radius 3 is 2.72 bits per heavy atom. The molecule has 0 atom stereocenters. The van der Waals surface area contributed by atoms with Gasteiger partial charge in [0.25, 0.3) is 0 Å². The third-order valence-electron chi connectivity index (χ3n) is 3.03. The van der Waals surface area contributed by atoms with Crippen LogP contribution in [0.5, 0.6) is 0 Å². The smallest absolute Gasteiger partial charge is 0.125 e. The summed E-state index contributed by atoms with van der Waals surface area (Å²) in [6, 6.07) is 1.98. The van der Waals surface area contributed by atoms with Gasteiger partial charge in [0.1, 0.15) is 10.9 Å². The minimum absolute atomic E-state index is 0.106. The zero-order chi connectivity index (χ0) is 13.1. The fourth-order valence-electron chi connectivity index (χ4n) is 2.17. The molecule has 2 rings (SSSR count). The van der Waals surface area contributed by atoms with E-state index in [9.17, 15) is 0 Å². The van der Waals surface area contributed by atoms with E-state index in [-0.39, 0.29) is 5.84 Å². The monoisotopic (exact) mass is 265 g/mol. The first-order chi connectivity index (χ1) is 8.58. The maximum Gasteiger partial charge on any atom is 0.125 e. The van der Waals surface area contributed by atoms with E-state index in [0.29, 0.717) is 5.25 Å². The molecule has 0 saturated carbocycles. The number of nitrogens with zero attached hydrogens (tertiary/aromatic N) is 1. The SMILES string of the molecule is Cc1cc(C)c(C(=N)N)c(SC2CCOCC2)n1. The average molecular weight is 265 g/mol. The Morgan fingerprint density at radius 1 is 1.44 bits per heavy atom. The third kappa shape index (κ3) is 3.03. The summed E-state index contributed by atoms with van der Waals surface area (Å²) in [7, 11) is 0. The van der Waals surface area contributed by atoms with Gasteiger partial charge in [0.15, 0.2) is 0 Å². The Labute approximate surface area is 112 Å². The van der Waals surface area contributed by atoms with Crippen molar-refractivity contribution in [3.63, 3.8) is 0 Å². The lowest BCUT2D eigenvalue weighted by Gasteiger charge is -2.22. The van der Waals surface area contributed by atoms with Gasteiger partial charge in [-0.15, -0.1) is 11.8 Å². The van der Waals surface area contributed by atoms with Crippen molar-refractivity contribution in [3.8, 4) is 0 Å². The van der Waals surface area contributed by atoms with E-state index in [1.54, 1.807) is 11.8 Å². The lowest BCUT2D eigenvalue weighted by Crippen LogP contribution is -2.20. The van der Waals surface area contributed by atoms with Crippen LogP contribution in [0.25, 0.3) is 0 Å². The van der Waals surface area contributed by atoms with Crippen LogP contribution in [0.3, 0.4) is 0 Å². The molecule has 1 aromatic heterocycles. The summed E-state index contributed by atoms with van der Waals surface area (Å²) in [4.78, 5) is 4.55. The summed E-state index contributed by atoms with van der Waals surface area (Å²) >= 11 is 1.74. The van der Waals surface area contributed by atoms with Crippen LogP contribution in [0, 0.1) is 19.3 Å². The minimum atomic E-state index is 0.106. The van der Waals surface area contributed by atoms with Crippen LogP contribution >= 0.6 is 11.8 Å². The van der Waals surface area contributed by atoms with Crippen LogP contribution < -0.4 is 5.73 Å². The first-order valence-corrected chi connectivity index (χ1v) is 7.03. The molecule has 3 N–H and O–H groups in total. The first kappa shape index (κ1) is 13.4. The normalized spacial score (nSPS) is 16.8. The highest BCUT2D eigenvalue weighted by Gasteiger charge is 2.19. The fourth-order valence-corrected chi connectivity index (χ4v) is 3.50. The van der Waals surface area contributed by atoms with Crippen molar-refractivity contribution in [2.45, 2.75) is 37.0 Å². The molecule has 1 saturated heterocycles. The second-order valence-electron chi connectivity index (χ2n) is 4.60. The zero-order valence-corrected chi connectivity index (χ0v) is 11.6. The maximum absolute atomic E-state index is 7.70. The van der Waals surface area contributed by atoms with Gasteiger partial charge in [-0.2, -0.15) is 0 Å². The van der Waals surface area contributed by atoms with Crippen molar-refractivity contribution in [1.29, 1.82) is 5.41 Å². The Bertz CT molecular complexity index is 456. The number of aryl methyl sites for hydroxylation is 2. The number of ether oxygens (including phenoxy) is 1. The Kier molecular flexibility index (Phi) is 4.24. The molecule has 0 unspecified atom stereocenters. The Balaban J connectivity index is 2.27. The molecule has 0 radical (unpaired) electrons. The standard InChI is InChI=1S/C13H19N3OS/c1-8-7-9(2)16-13(11(8)12(14)15)18-10-3-5-17-6-4-10/h7,10H,3-6H2,1-2H3,(H3,14,15). The summed E-state index contributed by atoms with van der Waals surface area (Å²) in [5, 5.41) is 9.12. The number of nitrogens with two attached hydrogens (primary N) is 1. The molecule has 1 aliphatic heterocycles. The average Bonchev–Trinajstić information content (AvgIpc) is 2.28. The number of amidine groups is 1. The van der Waals surface area contributed by atoms with Gasteiger partial charge in [0.05, 0.1) is 5.56 Å². The van der Waals surface area contributed by atoms with Crippen molar-refractivity contribution in [2.24, 2.45) is 5.73 Å². The van der Waals surface area contributed by atoms with Gasteiger partial charge in [-0.05, 0) is 38.3 Å². The molecule has 0 bridgehead atoms. The number of nitrogen functional groups attached to an aromatic ring is 1. The highest BCUT2D eigenvalue weighted by atomic mass is 32.2. The lowest BCUT2D eigenvalue weighted by molar-refractivity contribution is 0.1000. The van der Waals surface area contributed by atoms with Crippen molar-refractivity contribution in [2.75, 3.05) is 13.2 Å². The first-order valence-electron chi connectivity index (χ1n) is 6.15. The second-order valence-corrected chi connectivity index (χ2v) is 5.89. The number of hydrogen-bond donors (Lipinski definition) is 2. The molecule has 0 aromatic carbocycles. The zero-order valence-electron chi connectivity index (χ0n) is 10.8. The highest BCUT2D eigenvalue weighted by molar-refractivity contribution is 7.99. The van der Waals surface area contributed by atoms with E-state index in [0.717, 1.165) is 47.9 Å². The Morgan fingerprint density at radius 2 is 2.11 bits per heavy atom. The third-order valence-corrected chi connectivity index (χ3v) is 4.35. The molecule has 1 fully saturated rings. The van der Waals surface area contributed by atoms with Crippen molar-refractivity contribution in [3.05, 3.63) is 22.9 Å². The summed E-state index contributed by atoms with van der Waals surface area (Å²) in [6.45, 7) is 5.60. The van der Waals surface area contributed by atoms with Gasteiger partial charge in [-0.1, -0.05) is 0 Å². The topological polar surface area (TPSA) is 72.0 Å². The van der Waals surface area contributed by atoms with Gasteiger partial charge in [0.2, 0.25) is 0 Å². The number of pyridine rings is 1. The van der Waals surface area contributed by atoms with Gasteiger partial charge in [-0.3, -0.25) is 5.41 Å². The Hall–Kier alpha value is -1.07. The van der Waals surface area contributed by atoms with Gasteiger partial charge >= 0.3 is 0 Å². The number of thioether (sulfide) groups is 1. The molecule has 2 heterocycles. The number of aromatic nitrogens is 1. The number of rotatable bonds is 3. The molecule has 0 amide bonds. The predicted octanol–water partition coefficient (Wildman–Crippen LogP) is 2.25. The van der Waals surface area contributed by atoms with E-state index >= 15 is 0 Å². The molecule has 4 nitrogen and oxygen atoms in total. The lowest BCUT2D eigenvalue weighted by atomic mass is 10.1. The summed E-state index contributed by atoms with van der Waals surface area (Å²) in [5.74, 6) is 0.106. The fraction of sp³-hybridized carbons (Fsp3) is 0.538. The summed E-state index contributed by atoms with van der Waals surface area (Å²) in [6.07, 6.45) is 2.08. The molecular formula is C13H19N3OS. The van der Waals surface area contributed by atoms with E-state index in [2.05, 4.69) is 4.98 Å². The minimum Gasteiger partial charge on any atom is -0.384 e.